The number of benzene rings is 3. The van der Waals surface area contributed by atoms with Crippen LogP contribution in [0, 0.1) is 11.7 Å². The Bertz CT molecular complexity index is 1380. The van der Waals surface area contributed by atoms with E-state index < -0.39 is 0 Å². The summed E-state index contributed by atoms with van der Waals surface area (Å²) < 4.78 is 20.6. The van der Waals surface area contributed by atoms with Gasteiger partial charge in [0.2, 0.25) is 0 Å². The van der Waals surface area contributed by atoms with Crippen molar-refractivity contribution in [3.63, 3.8) is 0 Å². The third kappa shape index (κ3) is 5.55. The lowest BCUT2D eigenvalue weighted by atomic mass is 9.93. The smallest absolute Gasteiger partial charge is 0.252 e. The number of rotatable bonds is 8. The highest BCUT2D eigenvalue weighted by molar-refractivity contribution is 6.09. The van der Waals surface area contributed by atoms with Crippen molar-refractivity contribution in [2.45, 2.75) is 39.0 Å². The minimum absolute atomic E-state index is 0.0514. The number of aromatic nitrogens is 1. The Morgan fingerprint density at radius 2 is 1.86 bits per heavy atom. The molecule has 1 aliphatic rings. The highest BCUT2D eigenvalue weighted by atomic mass is 19.1. The first-order valence-electron chi connectivity index (χ1n) is 12.9. The molecule has 37 heavy (non-hydrogen) atoms. The monoisotopic (exact) mass is 497 g/mol. The largest absolute Gasteiger partial charge is 0.372 e. The van der Waals surface area contributed by atoms with Gasteiger partial charge in [-0.05, 0) is 42.6 Å². The molecule has 1 aliphatic heterocycles. The van der Waals surface area contributed by atoms with Crippen molar-refractivity contribution in [1.29, 1.82) is 0 Å². The number of halogens is 1. The normalized spacial score (nSPS) is 16.3. The second-order valence-corrected chi connectivity index (χ2v) is 9.87. The molecule has 5 rings (SSSR count). The number of ether oxygens (including phenoxy) is 1. The van der Waals surface area contributed by atoms with Gasteiger partial charge >= 0.3 is 0 Å². The first-order chi connectivity index (χ1) is 18.0. The van der Waals surface area contributed by atoms with Crippen molar-refractivity contribution in [2.24, 2.45) is 5.92 Å². The van der Waals surface area contributed by atoms with E-state index in [1.54, 1.807) is 6.07 Å². The van der Waals surface area contributed by atoms with Crippen LogP contribution >= 0.6 is 0 Å². The average Bonchev–Trinajstić information content (AvgIpc) is 3.43. The van der Waals surface area contributed by atoms with Gasteiger partial charge in [-0.15, -0.1) is 0 Å². The van der Waals surface area contributed by atoms with Crippen LogP contribution in [0.5, 0.6) is 0 Å². The number of carbonyl (C=O) groups is 1. The van der Waals surface area contributed by atoms with Gasteiger partial charge in [0.25, 0.3) is 5.91 Å². The van der Waals surface area contributed by atoms with E-state index in [9.17, 15) is 9.18 Å². The van der Waals surface area contributed by atoms with E-state index in [2.05, 4.69) is 24.5 Å². The van der Waals surface area contributed by atoms with Gasteiger partial charge in [-0.3, -0.25) is 4.79 Å². The number of amides is 1. The van der Waals surface area contributed by atoms with Crippen LogP contribution in [0.1, 0.15) is 47.8 Å². The molecule has 2 heterocycles. The van der Waals surface area contributed by atoms with E-state index in [1.807, 2.05) is 60.7 Å². The Kier molecular flexibility index (Phi) is 7.58. The molecule has 0 spiro atoms. The molecule has 3 aromatic carbocycles. The fraction of sp³-hybridized carbons (Fsp3) is 0.290. The SMILES string of the molecule is CC(C)[C@H](NC(=O)c1c(CO[C@H]2CCNC2)c(-c2cccc(F)c2)nc2ccccc12)c1ccccc1. The minimum atomic E-state index is -0.353. The number of pyridine rings is 1. The third-order valence-electron chi connectivity index (χ3n) is 6.91. The molecule has 0 bridgehead atoms. The van der Waals surface area contributed by atoms with Crippen molar-refractivity contribution in [3.05, 3.63) is 101 Å². The summed E-state index contributed by atoms with van der Waals surface area (Å²) in [4.78, 5) is 19.0. The molecule has 1 aromatic heterocycles. The molecule has 0 aliphatic carbocycles. The number of nitrogens with one attached hydrogen (secondary N) is 2. The number of carbonyl (C=O) groups excluding carboxylic acids is 1. The van der Waals surface area contributed by atoms with Gasteiger partial charge < -0.3 is 15.4 Å². The second-order valence-electron chi connectivity index (χ2n) is 9.87. The molecular weight excluding hydrogens is 465 g/mol. The van der Waals surface area contributed by atoms with Gasteiger partial charge in [-0.2, -0.15) is 0 Å². The molecule has 2 N–H and O–H groups in total. The fourth-order valence-electron chi connectivity index (χ4n) is 5.01. The van der Waals surface area contributed by atoms with Crippen LogP contribution in [-0.4, -0.2) is 30.1 Å². The number of hydrogen-bond acceptors (Lipinski definition) is 4. The maximum absolute atomic E-state index is 14.3. The highest BCUT2D eigenvalue weighted by Gasteiger charge is 2.26. The van der Waals surface area contributed by atoms with E-state index in [-0.39, 0.29) is 36.4 Å². The molecule has 0 saturated carbocycles. The summed E-state index contributed by atoms with van der Waals surface area (Å²) in [5.74, 6) is -0.373. The van der Waals surface area contributed by atoms with E-state index in [4.69, 9.17) is 9.72 Å². The van der Waals surface area contributed by atoms with Gasteiger partial charge in [0, 0.05) is 23.1 Å². The summed E-state index contributed by atoms with van der Waals surface area (Å²) in [7, 11) is 0. The minimum Gasteiger partial charge on any atom is -0.372 e. The molecule has 0 unspecified atom stereocenters. The topological polar surface area (TPSA) is 63.2 Å². The van der Waals surface area contributed by atoms with E-state index >= 15 is 0 Å². The summed E-state index contributed by atoms with van der Waals surface area (Å²) in [6.07, 6.45) is 0.955. The lowest BCUT2D eigenvalue weighted by Crippen LogP contribution is -2.33. The zero-order valence-corrected chi connectivity index (χ0v) is 21.2. The lowest BCUT2D eigenvalue weighted by Gasteiger charge is -2.25. The van der Waals surface area contributed by atoms with Crippen LogP contribution in [-0.2, 0) is 11.3 Å². The maximum Gasteiger partial charge on any atom is 0.252 e. The molecule has 1 amide bonds. The summed E-state index contributed by atoms with van der Waals surface area (Å²) in [5.41, 5.74) is 4.10. The zero-order chi connectivity index (χ0) is 25.8. The summed E-state index contributed by atoms with van der Waals surface area (Å²) in [6, 6.07) is 23.8. The van der Waals surface area contributed by atoms with Gasteiger partial charge in [-0.25, -0.2) is 9.37 Å². The quantitative estimate of drug-likeness (QED) is 0.311. The van der Waals surface area contributed by atoms with Crippen LogP contribution in [0.4, 0.5) is 4.39 Å². The first kappa shape index (κ1) is 25.1. The number of para-hydroxylation sites is 1. The number of fused-ring (bicyclic) bond motifs is 1. The summed E-state index contributed by atoms with van der Waals surface area (Å²) in [5, 5.41) is 7.36. The molecule has 1 saturated heterocycles. The Balaban J connectivity index is 1.64. The molecule has 4 aromatic rings. The molecule has 190 valence electrons. The first-order valence-corrected chi connectivity index (χ1v) is 12.9. The Morgan fingerprint density at radius 3 is 2.59 bits per heavy atom. The number of hydrogen-bond donors (Lipinski definition) is 2. The third-order valence-corrected chi connectivity index (χ3v) is 6.91. The molecule has 1 fully saturated rings. The van der Waals surface area contributed by atoms with Crippen LogP contribution in [0.15, 0.2) is 78.9 Å². The van der Waals surface area contributed by atoms with Gasteiger partial charge in [-0.1, -0.05) is 74.5 Å². The van der Waals surface area contributed by atoms with Crippen LogP contribution < -0.4 is 10.6 Å². The second kappa shape index (κ2) is 11.2. The van der Waals surface area contributed by atoms with Crippen molar-refractivity contribution >= 4 is 16.8 Å². The predicted octanol–water partition coefficient (Wildman–Crippen LogP) is 6.05. The molecule has 6 heteroatoms. The predicted molar refractivity (Wildman–Crippen MR) is 145 cm³/mol. The van der Waals surface area contributed by atoms with Crippen molar-refractivity contribution in [1.82, 2.24) is 15.6 Å². The average molecular weight is 498 g/mol. The van der Waals surface area contributed by atoms with Crippen molar-refractivity contribution < 1.29 is 13.9 Å². The van der Waals surface area contributed by atoms with Crippen LogP contribution in [0.2, 0.25) is 0 Å². The zero-order valence-electron chi connectivity index (χ0n) is 21.2. The van der Waals surface area contributed by atoms with Gasteiger partial charge in [0.1, 0.15) is 5.82 Å². The van der Waals surface area contributed by atoms with E-state index in [0.717, 1.165) is 30.5 Å². The molecule has 5 nitrogen and oxygen atoms in total. The Labute approximate surface area is 217 Å². The highest BCUT2D eigenvalue weighted by Crippen LogP contribution is 2.33. The van der Waals surface area contributed by atoms with Crippen LogP contribution in [0.3, 0.4) is 0 Å². The van der Waals surface area contributed by atoms with Crippen molar-refractivity contribution in [2.75, 3.05) is 13.1 Å². The maximum atomic E-state index is 14.3. The number of nitrogens with zero attached hydrogens (tertiary/aromatic N) is 1. The van der Waals surface area contributed by atoms with Crippen molar-refractivity contribution in [3.8, 4) is 11.3 Å². The van der Waals surface area contributed by atoms with Crippen LogP contribution in [0.25, 0.3) is 22.2 Å². The molecular formula is C31H32FN3O2. The summed E-state index contributed by atoms with van der Waals surface area (Å²) in [6.45, 7) is 6.06. The molecule has 2 atom stereocenters. The Morgan fingerprint density at radius 1 is 1.08 bits per heavy atom. The fourth-order valence-corrected chi connectivity index (χ4v) is 5.01. The lowest BCUT2D eigenvalue weighted by molar-refractivity contribution is 0.0536. The van der Waals surface area contributed by atoms with Gasteiger partial charge in [0.15, 0.2) is 0 Å². The van der Waals surface area contributed by atoms with Gasteiger partial charge in [0.05, 0.1) is 35.5 Å². The molecule has 0 radical (unpaired) electrons. The summed E-state index contributed by atoms with van der Waals surface area (Å²) >= 11 is 0. The Hall–Kier alpha value is -3.61. The van der Waals surface area contributed by atoms with E-state index in [0.29, 0.717) is 27.9 Å². The standard InChI is InChI=1S/C31H32FN3O2/c1-20(2)29(21-9-4-3-5-10-21)35-31(36)28-25-13-6-7-14-27(25)34-30(22-11-8-12-23(32)17-22)26(28)19-37-24-15-16-33-18-24/h3-14,17,20,24,29,33H,15-16,18-19H2,1-2H3,(H,35,36)/t24-,29-/m0/s1. The van der Waals surface area contributed by atoms with E-state index in [1.165, 1.54) is 12.1 Å².